The highest BCUT2D eigenvalue weighted by molar-refractivity contribution is 9.10. The van der Waals surface area contributed by atoms with Gasteiger partial charge in [0.2, 0.25) is 0 Å². The number of ketones is 1. The number of hydrogen-bond acceptors (Lipinski definition) is 5. The maximum Gasteiger partial charge on any atom is 0.301 e. The van der Waals surface area contributed by atoms with Gasteiger partial charge in [0, 0.05) is 28.6 Å². The molecule has 3 aromatic rings. The molecule has 1 saturated heterocycles. The highest BCUT2D eigenvalue weighted by atomic mass is 79.9. The number of rotatable bonds is 3. The lowest BCUT2D eigenvalue weighted by molar-refractivity contribution is -0.132. The molecule has 2 aromatic heterocycles. The van der Waals surface area contributed by atoms with E-state index in [-0.39, 0.29) is 11.3 Å². The minimum Gasteiger partial charge on any atom is -0.507 e. The third-order valence-electron chi connectivity index (χ3n) is 4.44. The molecular formula is C21H14BrN3O3. The van der Waals surface area contributed by atoms with Crippen molar-refractivity contribution in [2.45, 2.75) is 6.04 Å². The number of pyridine rings is 2. The summed E-state index contributed by atoms with van der Waals surface area (Å²) in [4.78, 5) is 35.4. The van der Waals surface area contributed by atoms with E-state index in [1.54, 1.807) is 67.1 Å². The van der Waals surface area contributed by atoms with Crippen LogP contribution in [0.1, 0.15) is 17.2 Å². The lowest BCUT2D eigenvalue weighted by Gasteiger charge is -2.24. The fraction of sp³-hybridized carbons (Fsp3) is 0.0476. The van der Waals surface area contributed by atoms with Gasteiger partial charge in [-0.1, -0.05) is 40.2 Å². The first-order valence-corrected chi connectivity index (χ1v) is 9.25. The van der Waals surface area contributed by atoms with Gasteiger partial charge in [0.25, 0.3) is 5.78 Å². The van der Waals surface area contributed by atoms with E-state index in [2.05, 4.69) is 25.9 Å². The molecule has 1 atom stereocenters. The second-order valence-electron chi connectivity index (χ2n) is 6.15. The SMILES string of the molecule is O=C1C(=O)N(c2ccccn2)C(c2cccnc2)/C1=C(/O)c1cccc(Br)c1. The van der Waals surface area contributed by atoms with Gasteiger partial charge in [-0.3, -0.25) is 19.5 Å². The zero-order chi connectivity index (χ0) is 19.7. The zero-order valence-corrected chi connectivity index (χ0v) is 16.1. The highest BCUT2D eigenvalue weighted by Gasteiger charge is 2.47. The van der Waals surface area contributed by atoms with Crippen LogP contribution in [0.2, 0.25) is 0 Å². The summed E-state index contributed by atoms with van der Waals surface area (Å²) in [5.41, 5.74) is 1.04. The summed E-state index contributed by atoms with van der Waals surface area (Å²) in [5, 5.41) is 10.9. The van der Waals surface area contributed by atoms with Crippen molar-refractivity contribution in [2.75, 3.05) is 4.90 Å². The minimum atomic E-state index is -0.831. The van der Waals surface area contributed by atoms with Gasteiger partial charge in [0.05, 0.1) is 11.6 Å². The van der Waals surface area contributed by atoms with E-state index >= 15 is 0 Å². The maximum absolute atomic E-state index is 12.9. The lowest BCUT2D eigenvalue weighted by atomic mass is 9.96. The van der Waals surface area contributed by atoms with Crippen molar-refractivity contribution in [1.29, 1.82) is 0 Å². The summed E-state index contributed by atoms with van der Waals surface area (Å²) < 4.78 is 0.744. The summed E-state index contributed by atoms with van der Waals surface area (Å²) in [6, 6.07) is 14.7. The summed E-state index contributed by atoms with van der Waals surface area (Å²) in [7, 11) is 0. The number of nitrogens with zero attached hydrogens (tertiary/aromatic N) is 3. The van der Waals surface area contributed by atoms with Gasteiger partial charge in [0.1, 0.15) is 11.6 Å². The molecule has 7 heteroatoms. The first-order valence-electron chi connectivity index (χ1n) is 8.46. The second-order valence-corrected chi connectivity index (χ2v) is 7.07. The molecule has 1 fully saturated rings. The minimum absolute atomic E-state index is 0.00162. The smallest absolute Gasteiger partial charge is 0.301 e. The van der Waals surface area contributed by atoms with Crippen molar-refractivity contribution < 1.29 is 14.7 Å². The summed E-state index contributed by atoms with van der Waals surface area (Å²) in [6.07, 6.45) is 4.72. The van der Waals surface area contributed by atoms with Crippen LogP contribution in [0.25, 0.3) is 5.76 Å². The van der Waals surface area contributed by atoms with Crippen molar-refractivity contribution in [3.63, 3.8) is 0 Å². The monoisotopic (exact) mass is 435 g/mol. The molecule has 138 valence electrons. The van der Waals surface area contributed by atoms with E-state index in [9.17, 15) is 14.7 Å². The number of hydrogen-bond donors (Lipinski definition) is 1. The molecule has 0 spiro atoms. The molecule has 6 nitrogen and oxygen atoms in total. The molecule has 1 N–H and O–H groups in total. The molecule has 1 unspecified atom stereocenters. The number of aliphatic hydroxyl groups is 1. The topological polar surface area (TPSA) is 83.4 Å². The molecule has 0 saturated carbocycles. The maximum atomic E-state index is 12.9. The second kappa shape index (κ2) is 7.36. The Labute approximate surface area is 169 Å². The van der Waals surface area contributed by atoms with Crippen LogP contribution < -0.4 is 4.90 Å². The van der Waals surface area contributed by atoms with Gasteiger partial charge >= 0.3 is 5.91 Å². The molecule has 0 aliphatic carbocycles. The van der Waals surface area contributed by atoms with Gasteiger partial charge in [-0.15, -0.1) is 0 Å². The Hall–Kier alpha value is -3.32. The molecule has 0 radical (unpaired) electrons. The van der Waals surface area contributed by atoms with E-state index in [1.165, 1.54) is 4.90 Å². The Bertz CT molecular complexity index is 1080. The number of amides is 1. The molecule has 1 amide bonds. The van der Waals surface area contributed by atoms with Crippen molar-refractivity contribution in [2.24, 2.45) is 0 Å². The molecule has 0 bridgehead atoms. The van der Waals surface area contributed by atoms with Crippen molar-refractivity contribution in [3.05, 3.63) is 94.4 Å². The van der Waals surface area contributed by atoms with E-state index in [0.717, 1.165) is 4.47 Å². The van der Waals surface area contributed by atoms with Gasteiger partial charge in [-0.2, -0.15) is 0 Å². The van der Waals surface area contributed by atoms with Gasteiger partial charge in [-0.25, -0.2) is 4.98 Å². The average molecular weight is 436 g/mol. The van der Waals surface area contributed by atoms with Crippen LogP contribution in [-0.2, 0) is 9.59 Å². The van der Waals surface area contributed by atoms with Crippen LogP contribution in [0.5, 0.6) is 0 Å². The molecule has 28 heavy (non-hydrogen) atoms. The Morgan fingerprint density at radius 3 is 2.57 bits per heavy atom. The Morgan fingerprint density at radius 2 is 1.89 bits per heavy atom. The molecular weight excluding hydrogens is 422 g/mol. The van der Waals surface area contributed by atoms with Crippen LogP contribution in [0.15, 0.2) is 83.2 Å². The number of carbonyl (C=O) groups excluding carboxylic acids is 2. The number of aromatic nitrogens is 2. The third kappa shape index (κ3) is 3.10. The van der Waals surface area contributed by atoms with Crippen LogP contribution >= 0.6 is 15.9 Å². The first kappa shape index (κ1) is 18.1. The quantitative estimate of drug-likeness (QED) is 0.383. The number of halogens is 1. The van der Waals surface area contributed by atoms with E-state index < -0.39 is 17.7 Å². The zero-order valence-electron chi connectivity index (χ0n) is 14.5. The van der Waals surface area contributed by atoms with Crippen LogP contribution in [0, 0.1) is 0 Å². The first-order chi connectivity index (χ1) is 13.6. The van der Waals surface area contributed by atoms with Crippen molar-refractivity contribution in [3.8, 4) is 0 Å². The van der Waals surface area contributed by atoms with Crippen LogP contribution in [-0.4, -0.2) is 26.8 Å². The molecule has 1 aliphatic heterocycles. The van der Waals surface area contributed by atoms with Gasteiger partial charge in [0.15, 0.2) is 0 Å². The number of anilines is 1. The Kier molecular flexibility index (Phi) is 4.75. The number of benzene rings is 1. The summed E-state index contributed by atoms with van der Waals surface area (Å²) in [6.45, 7) is 0. The predicted octanol–water partition coefficient (Wildman–Crippen LogP) is 3.87. The number of aliphatic hydroxyl groups excluding tert-OH is 1. The Morgan fingerprint density at radius 1 is 1.04 bits per heavy atom. The fourth-order valence-electron chi connectivity index (χ4n) is 3.21. The molecule has 1 aliphatic rings. The highest BCUT2D eigenvalue weighted by Crippen LogP contribution is 2.41. The van der Waals surface area contributed by atoms with Crippen LogP contribution in [0.4, 0.5) is 5.82 Å². The van der Waals surface area contributed by atoms with Crippen molar-refractivity contribution in [1.82, 2.24) is 9.97 Å². The fourth-order valence-corrected chi connectivity index (χ4v) is 3.61. The van der Waals surface area contributed by atoms with E-state index in [1.807, 2.05) is 6.07 Å². The van der Waals surface area contributed by atoms with Gasteiger partial charge < -0.3 is 5.11 Å². The van der Waals surface area contributed by atoms with E-state index in [0.29, 0.717) is 16.9 Å². The summed E-state index contributed by atoms with van der Waals surface area (Å²) >= 11 is 3.36. The molecule has 1 aromatic carbocycles. The number of Topliss-reactive ketones (excluding diaryl/α,β-unsaturated/α-hetero) is 1. The standard InChI is InChI=1S/C21H14BrN3O3/c22-15-7-3-5-13(11-15)19(26)17-18(14-6-4-9-23-12-14)25(21(28)20(17)27)16-8-1-2-10-24-16/h1-12,18,26H/b19-17-. The van der Waals surface area contributed by atoms with Crippen molar-refractivity contribution >= 4 is 39.2 Å². The lowest BCUT2D eigenvalue weighted by Crippen LogP contribution is -2.30. The predicted molar refractivity (Wildman–Crippen MR) is 107 cm³/mol. The average Bonchev–Trinajstić information content (AvgIpc) is 2.99. The molecule has 4 rings (SSSR count). The Balaban J connectivity index is 1.95. The normalized spacial score (nSPS) is 18.5. The van der Waals surface area contributed by atoms with Crippen LogP contribution in [0.3, 0.4) is 0 Å². The third-order valence-corrected chi connectivity index (χ3v) is 4.93. The van der Waals surface area contributed by atoms with Gasteiger partial charge in [-0.05, 0) is 35.9 Å². The largest absolute Gasteiger partial charge is 0.507 e. The number of carbonyl (C=O) groups is 2. The van der Waals surface area contributed by atoms with E-state index in [4.69, 9.17) is 0 Å². The molecule has 3 heterocycles. The summed E-state index contributed by atoms with van der Waals surface area (Å²) in [5.74, 6) is -1.43.